The lowest BCUT2D eigenvalue weighted by atomic mass is 10.2. The van der Waals surface area contributed by atoms with Crippen LogP contribution in [0.3, 0.4) is 0 Å². The summed E-state index contributed by atoms with van der Waals surface area (Å²) < 4.78 is 1.67. The van der Waals surface area contributed by atoms with E-state index in [2.05, 4.69) is 25.3 Å². The van der Waals surface area contributed by atoms with Crippen LogP contribution in [-0.4, -0.2) is 57.1 Å². The minimum absolute atomic E-state index is 0.00791. The van der Waals surface area contributed by atoms with Gasteiger partial charge in [-0.05, 0) is 0 Å². The second-order valence-corrected chi connectivity index (χ2v) is 4.64. The van der Waals surface area contributed by atoms with Crippen molar-refractivity contribution in [3.05, 3.63) is 6.20 Å². The number of hydrogen-bond acceptors (Lipinski definition) is 7. The summed E-state index contributed by atoms with van der Waals surface area (Å²) in [7, 11) is 1.82. The number of aromatic nitrogens is 4. The number of aryl methyl sites for hydroxylation is 1. The molecular formula is C11H17N7O. The van der Waals surface area contributed by atoms with Gasteiger partial charge in [0, 0.05) is 26.7 Å². The summed E-state index contributed by atoms with van der Waals surface area (Å²) in [6.07, 6.45) is 1.74. The van der Waals surface area contributed by atoms with E-state index in [0.29, 0.717) is 5.65 Å². The molecule has 0 amide bonds. The number of aliphatic hydroxyl groups excluding tert-OH is 1. The molecule has 8 nitrogen and oxygen atoms in total. The predicted molar refractivity (Wildman–Crippen MR) is 71.8 cm³/mol. The molecule has 0 aliphatic carbocycles. The maximum atomic E-state index is 9.49. The average Bonchev–Trinajstić information content (AvgIpc) is 2.79. The molecule has 1 aliphatic rings. The highest BCUT2D eigenvalue weighted by molar-refractivity contribution is 5.88. The Morgan fingerprint density at radius 1 is 1.53 bits per heavy atom. The highest BCUT2D eigenvalue weighted by Crippen LogP contribution is 2.26. The molecule has 2 aromatic heterocycles. The standard InChI is InChI=1S/C11H17N7O/c1-17-9-8(5-14-17)10(16-11(12)15-9)18-3-2-13-4-7(18)6-19/h5,7,13,19H,2-4,6H2,1H3,(H2,12,15,16)/t7-/m1/s1. The van der Waals surface area contributed by atoms with Crippen molar-refractivity contribution < 1.29 is 5.11 Å². The first kappa shape index (κ1) is 12.1. The zero-order valence-corrected chi connectivity index (χ0v) is 10.7. The third kappa shape index (κ3) is 1.98. The fourth-order valence-electron chi connectivity index (χ4n) is 2.45. The third-order valence-corrected chi connectivity index (χ3v) is 3.42. The van der Waals surface area contributed by atoms with Crippen molar-refractivity contribution in [2.75, 3.05) is 36.9 Å². The van der Waals surface area contributed by atoms with Gasteiger partial charge in [0.05, 0.1) is 24.2 Å². The maximum absolute atomic E-state index is 9.49. The molecule has 8 heteroatoms. The van der Waals surface area contributed by atoms with E-state index in [9.17, 15) is 5.11 Å². The molecule has 1 fully saturated rings. The maximum Gasteiger partial charge on any atom is 0.224 e. The van der Waals surface area contributed by atoms with Gasteiger partial charge in [0.25, 0.3) is 0 Å². The van der Waals surface area contributed by atoms with Crippen LogP contribution in [0.25, 0.3) is 11.0 Å². The molecule has 0 bridgehead atoms. The van der Waals surface area contributed by atoms with E-state index in [4.69, 9.17) is 5.73 Å². The summed E-state index contributed by atoms with van der Waals surface area (Å²) in [5.74, 6) is 0.970. The van der Waals surface area contributed by atoms with Crippen LogP contribution in [0.5, 0.6) is 0 Å². The molecule has 0 saturated carbocycles. The minimum atomic E-state index is -0.00791. The van der Waals surface area contributed by atoms with E-state index in [0.717, 1.165) is 30.8 Å². The molecule has 2 aromatic rings. The van der Waals surface area contributed by atoms with Crippen LogP contribution in [0.1, 0.15) is 0 Å². The van der Waals surface area contributed by atoms with Gasteiger partial charge >= 0.3 is 0 Å². The number of fused-ring (bicyclic) bond motifs is 1. The lowest BCUT2D eigenvalue weighted by Crippen LogP contribution is -2.53. The summed E-state index contributed by atoms with van der Waals surface area (Å²) in [4.78, 5) is 10.6. The molecule has 0 unspecified atom stereocenters. The molecule has 3 heterocycles. The Hall–Kier alpha value is -1.93. The van der Waals surface area contributed by atoms with Crippen molar-refractivity contribution in [2.24, 2.45) is 7.05 Å². The SMILES string of the molecule is Cn1ncc2c(N3CCNC[C@@H]3CO)nc(N)nc21. The molecule has 1 atom stereocenters. The summed E-state index contributed by atoms with van der Waals surface area (Å²) in [6, 6.07) is -0.00791. The van der Waals surface area contributed by atoms with E-state index in [1.165, 1.54) is 0 Å². The molecule has 3 rings (SSSR count). The molecule has 102 valence electrons. The van der Waals surface area contributed by atoms with Crippen molar-refractivity contribution in [2.45, 2.75) is 6.04 Å². The number of nitrogen functional groups attached to an aromatic ring is 1. The second kappa shape index (κ2) is 4.63. The van der Waals surface area contributed by atoms with Gasteiger partial charge in [0.2, 0.25) is 5.95 Å². The zero-order valence-electron chi connectivity index (χ0n) is 10.7. The van der Waals surface area contributed by atoms with Crippen molar-refractivity contribution in [3.8, 4) is 0 Å². The fraction of sp³-hybridized carbons (Fsp3) is 0.545. The highest BCUT2D eigenvalue weighted by Gasteiger charge is 2.25. The molecule has 1 saturated heterocycles. The summed E-state index contributed by atoms with van der Waals surface area (Å²) >= 11 is 0. The number of piperazine rings is 1. The Morgan fingerprint density at radius 2 is 2.37 bits per heavy atom. The number of nitrogens with zero attached hydrogens (tertiary/aromatic N) is 5. The molecule has 0 aromatic carbocycles. The molecular weight excluding hydrogens is 246 g/mol. The number of nitrogens with two attached hydrogens (primary N) is 1. The van der Waals surface area contributed by atoms with Crippen LogP contribution in [0.15, 0.2) is 6.20 Å². The predicted octanol–water partition coefficient (Wildman–Crippen LogP) is -1.28. The van der Waals surface area contributed by atoms with Crippen molar-refractivity contribution >= 4 is 22.8 Å². The molecule has 1 aliphatic heterocycles. The van der Waals surface area contributed by atoms with E-state index in [-0.39, 0.29) is 18.6 Å². The normalized spacial score (nSPS) is 20.1. The van der Waals surface area contributed by atoms with Gasteiger partial charge in [0.1, 0.15) is 5.82 Å². The fourth-order valence-corrected chi connectivity index (χ4v) is 2.45. The van der Waals surface area contributed by atoms with Crippen molar-refractivity contribution in [1.82, 2.24) is 25.1 Å². The molecule has 0 radical (unpaired) electrons. The lowest BCUT2D eigenvalue weighted by Gasteiger charge is -2.36. The highest BCUT2D eigenvalue weighted by atomic mass is 16.3. The Kier molecular flexibility index (Phi) is 2.96. The van der Waals surface area contributed by atoms with E-state index in [1.807, 2.05) is 7.05 Å². The number of aliphatic hydroxyl groups is 1. The van der Waals surface area contributed by atoms with Gasteiger partial charge in [-0.15, -0.1) is 0 Å². The Morgan fingerprint density at radius 3 is 3.16 bits per heavy atom. The minimum Gasteiger partial charge on any atom is -0.394 e. The number of rotatable bonds is 2. The van der Waals surface area contributed by atoms with Crippen LogP contribution < -0.4 is 16.0 Å². The first-order chi connectivity index (χ1) is 9.20. The largest absolute Gasteiger partial charge is 0.394 e. The van der Waals surface area contributed by atoms with Crippen molar-refractivity contribution in [3.63, 3.8) is 0 Å². The van der Waals surface area contributed by atoms with Gasteiger partial charge in [-0.1, -0.05) is 0 Å². The smallest absolute Gasteiger partial charge is 0.224 e. The number of nitrogens with one attached hydrogen (secondary N) is 1. The monoisotopic (exact) mass is 263 g/mol. The topological polar surface area (TPSA) is 105 Å². The van der Waals surface area contributed by atoms with Crippen LogP contribution in [0.2, 0.25) is 0 Å². The first-order valence-electron chi connectivity index (χ1n) is 6.24. The van der Waals surface area contributed by atoms with Crippen LogP contribution >= 0.6 is 0 Å². The van der Waals surface area contributed by atoms with Crippen LogP contribution in [-0.2, 0) is 7.05 Å². The quantitative estimate of drug-likeness (QED) is 0.619. The Labute approximate surface area is 110 Å². The molecule has 0 spiro atoms. The van der Waals surface area contributed by atoms with Crippen LogP contribution in [0, 0.1) is 0 Å². The lowest BCUT2D eigenvalue weighted by molar-refractivity contribution is 0.246. The molecule has 4 N–H and O–H groups in total. The zero-order chi connectivity index (χ0) is 13.4. The van der Waals surface area contributed by atoms with Crippen LogP contribution in [0.4, 0.5) is 11.8 Å². The van der Waals surface area contributed by atoms with E-state index >= 15 is 0 Å². The molecule has 19 heavy (non-hydrogen) atoms. The first-order valence-corrected chi connectivity index (χ1v) is 6.24. The van der Waals surface area contributed by atoms with Gasteiger partial charge in [0.15, 0.2) is 5.65 Å². The Bertz CT molecular complexity index is 596. The van der Waals surface area contributed by atoms with Gasteiger partial charge in [-0.25, -0.2) is 0 Å². The Balaban J connectivity index is 2.12. The summed E-state index contributed by atoms with van der Waals surface area (Å²) in [6.45, 7) is 2.41. The van der Waals surface area contributed by atoms with E-state index < -0.39 is 0 Å². The van der Waals surface area contributed by atoms with Gasteiger partial charge in [-0.3, -0.25) is 4.68 Å². The number of hydrogen-bond donors (Lipinski definition) is 3. The van der Waals surface area contributed by atoms with Gasteiger partial charge in [-0.2, -0.15) is 15.1 Å². The average molecular weight is 263 g/mol. The summed E-state index contributed by atoms with van der Waals surface area (Å²) in [5.41, 5.74) is 6.48. The third-order valence-electron chi connectivity index (χ3n) is 3.42. The van der Waals surface area contributed by atoms with Gasteiger partial charge < -0.3 is 21.1 Å². The number of anilines is 2. The summed E-state index contributed by atoms with van der Waals surface area (Å²) in [5, 5.41) is 17.8. The second-order valence-electron chi connectivity index (χ2n) is 4.64. The van der Waals surface area contributed by atoms with Crippen molar-refractivity contribution in [1.29, 1.82) is 0 Å². The van der Waals surface area contributed by atoms with E-state index in [1.54, 1.807) is 10.9 Å².